The number of hydrogen-bond acceptors (Lipinski definition) is 8. The van der Waals surface area contributed by atoms with Gasteiger partial charge in [-0.3, -0.25) is 24.2 Å². The van der Waals surface area contributed by atoms with Crippen LogP contribution in [0.1, 0.15) is 38.8 Å². The van der Waals surface area contributed by atoms with Crippen molar-refractivity contribution in [1.82, 2.24) is 25.9 Å². The third-order valence-electron chi connectivity index (χ3n) is 5.18. The number of nitrogens with zero attached hydrogens (tertiary/aromatic N) is 2. The molecule has 206 valence electrons. The van der Waals surface area contributed by atoms with Gasteiger partial charge in [0.25, 0.3) is 0 Å². The number of imidazole rings is 1. The van der Waals surface area contributed by atoms with Crippen LogP contribution in [0, 0.1) is 5.92 Å². The first-order valence-electron chi connectivity index (χ1n) is 11.5. The highest BCUT2D eigenvalue weighted by Crippen LogP contribution is 2.06. The molecule has 4 unspecified atom stereocenters. The van der Waals surface area contributed by atoms with Crippen LogP contribution in [0.3, 0.4) is 0 Å². The summed E-state index contributed by atoms with van der Waals surface area (Å²) in [5.41, 5.74) is 22.2. The number of primary amides is 1. The first-order valence-corrected chi connectivity index (χ1v) is 11.5. The zero-order valence-electron chi connectivity index (χ0n) is 20.8. The molecule has 0 aliphatic heterocycles. The Labute approximate surface area is 213 Å². The molecule has 13 N–H and O–H groups in total. The molecule has 0 saturated heterocycles. The quantitative estimate of drug-likeness (QED) is 0.0581. The predicted molar refractivity (Wildman–Crippen MR) is 132 cm³/mol. The van der Waals surface area contributed by atoms with Crippen LogP contribution in [0.2, 0.25) is 0 Å². The van der Waals surface area contributed by atoms with Gasteiger partial charge in [0, 0.05) is 24.9 Å². The lowest BCUT2D eigenvalue weighted by Gasteiger charge is -2.26. The molecule has 4 atom stereocenters. The van der Waals surface area contributed by atoms with Gasteiger partial charge in [0.15, 0.2) is 5.96 Å². The molecule has 0 aliphatic carbocycles. The van der Waals surface area contributed by atoms with Gasteiger partial charge in [-0.2, -0.15) is 0 Å². The molecular weight excluding hydrogens is 488 g/mol. The second-order valence-electron chi connectivity index (χ2n) is 8.70. The summed E-state index contributed by atoms with van der Waals surface area (Å²) < 4.78 is 0. The van der Waals surface area contributed by atoms with Gasteiger partial charge in [0.1, 0.15) is 18.1 Å². The highest BCUT2D eigenvalue weighted by atomic mass is 16.4. The normalized spacial score (nSPS) is 14.1. The Morgan fingerprint density at radius 1 is 1.03 bits per heavy atom. The van der Waals surface area contributed by atoms with E-state index in [4.69, 9.17) is 22.9 Å². The fourth-order valence-corrected chi connectivity index (χ4v) is 3.23. The van der Waals surface area contributed by atoms with Crippen LogP contribution < -0.4 is 38.9 Å². The number of amides is 4. The van der Waals surface area contributed by atoms with E-state index in [-0.39, 0.29) is 31.8 Å². The van der Waals surface area contributed by atoms with Crippen molar-refractivity contribution in [3.8, 4) is 0 Å². The molecule has 16 heteroatoms. The minimum Gasteiger partial charge on any atom is -0.480 e. The van der Waals surface area contributed by atoms with E-state index in [2.05, 4.69) is 30.9 Å². The van der Waals surface area contributed by atoms with Crippen LogP contribution in [-0.2, 0) is 30.4 Å². The average molecular weight is 525 g/mol. The SMILES string of the molecule is CC(C)C(NC(=O)C(N)Cc1cnc[nH]1)C(=O)NC(CC(N)=O)C(=O)NC(CCCN=C(N)N)C(=O)O. The maximum Gasteiger partial charge on any atom is 0.326 e. The molecule has 1 aromatic heterocycles. The molecule has 1 aromatic rings. The fraction of sp³-hybridized carbons (Fsp3) is 0.571. The predicted octanol–water partition coefficient (Wildman–Crippen LogP) is -3.60. The van der Waals surface area contributed by atoms with Crippen molar-refractivity contribution in [2.24, 2.45) is 33.8 Å². The molecule has 0 aliphatic rings. The standard InChI is InChI=1S/C21H36N10O6/c1-10(2)16(31-17(33)12(22)6-11-8-26-9-28-11)19(35)30-14(7-15(23)32)18(34)29-13(20(36)37)4-3-5-27-21(24)25/h8-10,12-14,16H,3-7,22H2,1-2H3,(H2,23,32)(H,26,28)(H,29,34)(H,30,35)(H,31,33)(H,36,37)(H4,24,25,27). The van der Waals surface area contributed by atoms with Crippen molar-refractivity contribution in [2.45, 2.75) is 63.7 Å². The average Bonchev–Trinajstić information content (AvgIpc) is 3.30. The molecule has 0 saturated carbocycles. The Morgan fingerprint density at radius 2 is 1.68 bits per heavy atom. The van der Waals surface area contributed by atoms with E-state index in [1.165, 1.54) is 12.5 Å². The number of H-pyrrole nitrogens is 1. The zero-order chi connectivity index (χ0) is 28.1. The van der Waals surface area contributed by atoms with Crippen LogP contribution in [0.15, 0.2) is 17.5 Å². The van der Waals surface area contributed by atoms with Crippen LogP contribution in [0.25, 0.3) is 0 Å². The number of aromatic amines is 1. The summed E-state index contributed by atoms with van der Waals surface area (Å²) in [4.78, 5) is 71.9. The summed E-state index contributed by atoms with van der Waals surface area (Å²) in [6.45, 7) is 3.46. The molecule has 37 heavy (non-hydrogen) atoms. The van der Waals surface area contributed by atoms with Crippen LogP contribution in [0.5, 0.6) is 0 Å². The largest absolute Gasteiger partial charge is 0.480 e. The molecule has 1 rings (SSSR count). The number of aromatic nitrogens is 2. The Hall–Kier alpha value is -4.21. The van der Waals surface area contributed by atoms with Gasteiger partial charge in [-0.1, -0.05) is 13.8 Å². The minimum absolute atomic E-state index is 0.0199. The summed E-state index contributed by atoms with van der Waals surface area (Å²) in [5, 5.41) is 16.6. The van der Waals surface area contributed by atoms with E-state index >= 15 is 0 Å². The molecule has 0 bridgehead atoms. The molecular formula is C21H36N10O6. The molecule has 0 radical (unpaired) electrons. The second-order valence-corrected chi connectivity index (χ2v) is 8.70. The van der Waals surface area contributed by atoms with Crippen molar-refractivity contribution < 1.29 is 29.1 Å². The lowest BCUT2D eigenvalue weighted by Crippen LogP contribution is -2.59. The number of nitrogens with two attached hydrogens (primary N) is 4. The van der Waals surface area contributed by atoms with Gasteiger partial charge in [-0.15, -0.1) is 0 Å². The van der Waals surface area contributed by atoms with Gasteiger partial charge in [-0.05, 0) is 18.8 Å². The summed E-state index contributed by atoms with van der Waals surface area (Å²) in [6, 6.07) is -4.93. The number of hydrogen-bond donors (Lipinski definition) is 9. The molecule has 16 nitrogen and oxygen atoms in total. The minimum atomic E-state index is -1.48. The zero-order valence-corrected chi connectivity index (χ0v) is 20.8. The Kier molecular flexibility index (Phi) is 12.5. The molecule has 4 amide bonds. The number of aliphatic carboxylic acids is 1. The molecule has 1 heterocycles. The van der Waals surface area contributed by atoms with Gasteiger partial charge < -0.3 is 49.0 Å². The number of guanidine groups is 1. The highest BCUT2D eigenvalue weighted by Gasteiger charge is 2.32. The van der Waals surface area contributed by atoms with Crippen molar-refractivity contribution in [3.63, 3.8) is 0 Å². The van der Waals surface area contributed by atoms with Crippen molar-refractivity contribution >= 4 is 35.6 Å². The van der Waals surface area contributed by atoms with Crippen LogP contribution in [0.4, 0.5) is 0 Å². The summed E-state index contributed by atoms with van der Waals surface area (Å²) in [7, 11) is 0. The summed E-state index contributed by atoms with van der Waals surface area (Å²) in [5.74, 6) is -5.17. The summed E-state index contributed by atoms with van der Waals surface area (Å²) in [6.07, 6.45) is 2.71. The van der Waals surface area contributed by atoms with E-state index in [1.807, 2.05) is 0 Å². The maximum atomic E-state index is 13.0. The Morgan fingerprint density at radius 3 is 2.19 bits per heavy atom. The van der Waals surface area contributed by atoms with E-state index < -0.39 is 66.1 Å². The van der Waals surface area contributed by atoms with Crippen LogP contribution >= 0.6 is 0 Å². The van der Waals surface area contributed by atoms with E-state index in [0.717, 1.165) is 0 Å². The van der Waals surface area contributed by atoms with Crippen molar-refractivity contribution in [1.29, 1.82) is 0 Å². The monoisotopic (exact) mass is 524 g/mol. The van der Waals surface area contributed by atoms with E-state index in [1.54, 1.807) is 13.8 Å². The number of carbonyl (C=O) groups excluding carboxylic acids is 4. The third-order valence-corrected chi connectivity index (χ3v) is 5.18. The lowest BCUT2D eigenvalue weighted by molar-refractivity contribution is -0.142. The van der Waals surface area contributed by atoms with E-state index in [9.17, 15) is 29.1 Å². The summed E-state index contributed by atoms with van der Waals surface area (Å²) >= 11 is 0. The lowest BCUT2D eigenvalue weighted by atomic mass is 10.0. The topological polar surface area (TPSA) is 287 Å². The smallest absolute Gasteiger partial charge is 0.326 e. The Bertz CT molecular complexity index is 961. The first-order chi connectivity index (χ1) is 17.3. The van der Waals surface area contributed by atoms with Crippen LogP contribution in [-0.4, -0.2) is 81.3 Å². The maximum absolute atomic E-state index is 13.0. The number of rotatable bonds is 16. The number of carboxylic acid groups (broad SMARTS) is 1. The van der Waals surface area contributed by atoms with Crippen molar-refractivity contribution in [2.75, 3.05) is 6.54 Å². The first kappa shape index (κ1) is 30.8. The van der Waals surface area contributed by atoms with Crippen molar-refractivity contribution in [3.05, 3.63) is 18.2 Å². The molecule has 0 fully saturated rings. The molecule has 0 aromatic carbocycles. The number of nitrogens with one attached hydrogen (secondary N) is 4. The van der Waals surface area contributed by atoms with Gasteiger partial charge in [0.2, 0.25) is 23.6 Å². The number of aliphatic imine (C=N–C) groups is 1. The molecule has 0 spiro atoms. The highest BCUT2D eigenvalue weighted by molar-refractivity contribution is 5.96. The fourth-order valence-electron chi connectivity index (χ4n) is 3.23. The van der Waals surface area contributed by atoms with Gasteiger partial charge >= 0.3 is 5.97 Å². The number of carbonyl (C=O) groups is 5. The van der Waals surface area contributed by atoms with Gasteiger partial charge in [-0.25, -0.2) is 9.78 Å². The third kappa shape index (κ3) is 11.4. The van der Waals surface area contributed by atoms with Gasteiger partial charge in [0.05, 0.1) is 18.8 Å². The Balaban J connectivity index is 2.88. The number of carboxylic acids is 1. The van der Waals surface area contributed by atoms with E-state index in [0.29, 0.717) is 5.69 Å². The second kappa shape index (κ2) is 15.0.